The summed E-state index contributed by atoms with van der Waals surface area (Å²) in [5.41, 5.74) is 4.78. The highest BCUT2D eigenvalue weighted by Gasteiger charge is 2.16. The number of hydrogen-bond donors (Lipinski definition) is 0. The Labute approximate surface area is 193 Å². The average molecular weight is 473 g/mol. The molecule has 31 heavy (non-hydrogen) atoms. The fourth-order valence-electron chi connectivity index (χ4n) is 3.13. The lowest BCUT2D eigenvalue weighted by Crippen LogP contribution is -2.03. The minimum absolute atomic E-state index is 0.117. The third kappa shape index (κ3) is 4.74. The molecule has 9 heteroatoms. The maximum atomic E-state index is 12.4. The second kappa shape index (κ2) is 9.34. The fraction of sp³-hybridized carbons (Fsp3) is 0.227. The van der Waals surface area contributed by atoms with Crippen molar-refractivity contribution in [3.8, 4) is 11.5 Å². The molecule has 158 valence electrons. The first-order valence-corrected chi connectivity index (χ1v) is 11.5. The van der Waals surface area contributed by atoms with Crippen LogP contribution < -0.4 is 0 Å². The van der Waals surface area contributed by atoms with Gasteiger partial charge in [0.15, 0.2) is 5.78 Å². The number of carbonyl (C=O) groups excluding carboxylic acids is 1. The molecule has 0 aliphatic rings. The Balaban J connectivity index is 1.51. The minimum Gasteiger partial charge on any atom is -0.411 e. The number of benzene rings is 2. The van der Waals surface area contributed by atoms with Crippen molar-refractivity contribution in [3.63, 3.8) is 0 Å². The first kappa shape index (κ1) is 21.7. The second-order valence-electron chi connectivity index (χ2n) is 6.74. The summed E-state index contributed by atoms with van der Waals surface area (Å²) in [6.45, 7) is 4.14. The SMILES string of the molecule is CCc1nc2ccc(-c3nnc(SCC(=O)c4ccc(Cl)cc4Cl)o3)cc2nc1CC. The van der Waals surface area contributed by atoms with E-state index in [1.807, 2.05) is 18.2 Å². The maximum Gasteiger partial charge on any atom is 0.277 e. The number of hydrogen-bond acceptors (Lipinski definition) is 7. The lowest BCUT2D eigenvalue weighted by atomic mass is 10.1. The van der Waals surface area contributed by atoms with Crippen molar-refractivity contribution < 1.29 is 9.21 Å². The van der Waals surface area contributed by atoms with Crippen LogP contribution in [-0.2, 0) is 12.8 Å². The van der Waals surface area contributed by atoms with Crippen LogP contribution in [0.25, 0.3) is 22.5 Å². The van der Waals surface area contributed by atoms with Crippen molar-refractivity contribution in [3.05, 3.63) is 63.4 Å². The monoisotopic (exact) mass is 472 g/mol. The summed E-state index contributed by atoms with van der Waals surface area (Å²) in [6.07, 6.45) is 1.67. The van der Waals surface area contributed by atoms with Crippen molar-refractivity contribution in [1.29, 1.82) is 0 Å². The second-order valence-corrected chi connectivity index (χ2v) is 8.51. The summed E-state index contributed by atoms with van der Waals surface area (Å²) in [5.74, 6) is 0.332. The van der Waals surface area contributed by atoms with Gasteiger partial charge >= 0.3 is 0 Å². The van der Waals surface area contributed by atoms with Gasteiger partial charge in [-0.15, -0.1) is 10.2 Å². The van der Waals surface area contributed by atoms with E-state index in [4.69, 9.17) is 37.6 Å². The quantitative estimate of drug-likeness (QED) is 0.237. The van der Waals surface area contributed by atoms with Gasteiger partial charge in [-0.2, -0.15) is 0 Å². The zero-order chi connectivity index (χ0) is 22.0. The summed E-state index contributed by atoms with van der Waals surface area (Å²) in [5, 5.41) is 9.25. The van der Waals surface area contributed by atoms with Gasteiger partial charge in [-0.05, 0) is 49.2 Å². The van der Waals surface area contributed by atoms with Gasteiger partial charge < -0.3 is 4.42 Å². The topological polar surface area (TPSA) is 81.8 Å². The molecule has 4 aromatic rings. The number of ketones is 1. The number of halogens is 2. The molecule has 0 unspecified atom stereocenters. The lowest BCUT2D eigenvalue weighted by Gasteiger charge is -2.07. The van der Waals surface area contributed by atoms with Crippen LogP contribution in [-0.4, -0.2) is 31.7 Å². The molecule has 4 rings (SSSR count). The molecule has 0 fully saturated rings. The molecule has 2 heterocycles. The minimum atomic E-state index is -0.147. The van der Waals surface area contributed by atoms with E-state index in [1.165, 1.54) is 0 Å². The van der Waals surface area contributed by atoms with E-state index in [-0.39, 0.29) is 11.5 Å². The van der Waals surface area contributed by atoms with E-state index in [1.54, 1.807) is 18.2 Å². The number of aromatic nitrogens is 4. The Morgan fingerprint density at radius 3 is 2.42 bits per heavy atom. The number of rotatable bonds is 7. The van der Waals surface area contributed by atoms with Crippen LogP contribution in [0.1, 0.15) is 35.6 Å². The zero-order valence-corrected chi connectivity index (χ0v) is 19.2. The predicted molar refractivity (Wildman–Crippen MR) is 123 cm³/mol. The van der Waals surface area contributed by atoms with E-state index >= 15 is 0 Å². The molecule has 0 amide bonds. The van der Waals surface area contributed by atoms with Crippen LogP contribution in [0.2, 0.25) is 10.0 Å². The molecule has 0 bridgehead atoms. The Hall–Kier alpha value is -2.48. The van der Waals surface area contributed by atoms with Crippen LogP contribution in [0.3, 0.4) is 0 Å². The third-order valence-electron chi connectivity index (χ3n) is 4.70. The summed E-state index contributed by atoms with van der Waals surface area (Å²) in [4.78, 5) is 21.9. The molecule has 0 spiro atoms. The Morgan fingerprint density at radius 1 is 0.968 bits per heavy atom. The number of Topliss-reactive ketones (excluding diaryl/α,β-unsaturated/α-hetero) is 1. The first-order chi connectivity index (χ1) is 15.0. The summed E-state index contributed by atoms with van der Waals surface area (Å²) < 4.78 is 5.74. The van der Waals surface area contributed by atoms with Gasteiger partial charge in [0.25, 0.3) is 5.22 Å². The molecular weight excluding hydrogens is 455 g/mol. The first-order valence-electron chi connectivity index (χ1n) is 9.73. The van der Waals surface area contributed by atoms with Gasteiger partial charge in [0, 0.05) is 16.1 Å². The number of nitrogens with zero attached hydrogens (tertiary/aromatic N) is 4. The Morgan fingerprint density at radius 2 is 1.71 bits per heavy atom. The van der Waals surface area contributed by atoms with Gasteiger partial charge in [-0.25, -0.2) is 9.97 Å². The largest absolute Gasteiger partial charge is 0.411 e. The highest BCUT2D eigenvalue weighted by atomic mass is 35.5. The number of fused-ring (bicyclic) bond motifs is 1. The van der Waals surface area contributed by atoms with E-state index in [0.29, 0.717) is 26.7 Å². The Kier molecular flexibility index (Phi) is 6.55. The van der Waals surface area contributed by atoms with Gasteiger partial charge in [0.1, 0.15) is 0 Å². The maximum absolute atomic E-state index is 12.4. The van der Waals surface area contributed by atoms with Crippen LogP contribution >= 0.6 is 35.0 Å². The molecule has 0 radical (unpaired) electrons. The van der Waals surface area contributed by atoms with Crippen molar-refractivity contribution in [2.24, 2.45) is 0 Å². The van der Waals surface area contributed by atoms with E-state index < -0.39 is 0 Å². The predicted octanol–water partition coefficient (Wildman–Crippen LogP) is 6.09. The summed E-state index contributed by atoms with van der Waals surface area (Å²) >= 11 is 13.1. The van der Waals surface area contributed by atoms with E-state index in [2.05, 4.69) is 24.0 Å². The molecule has 0 atom stereocenters. The third-order valence-corrected chi connectivity index (χ3v) is 6.07. The molecular formula is C22H18Cl2N4O2S. The molecule has 0 saturated heterocycles. The molecule has 6 nitrogen and oxygen atoms in total. The lowest BCUT2D eigenvalue weighted by molar-refractivity contribution is 0.102. The summed E-state index contributed by atoms with van der Waals surface area (Å²) in [7, 11) is 0. The van der Waals surface area contributed by atoms with Crippen LogP contribution in [0, 0.1) is 0 Å². The number of thioether (sulfide) groups is 1. The Bertz CT molecular complexity index is 1280. The normalized spacial score (nSPS) is 11.2. The van der Waals surface area contributed by atoms with E-state index in [0.717, 1.165) is 52.6 Å². The van der Waals surface area contributed by atoms with Crippen LogP contribution in [0.4, 0.5) is 0 Å². The average Bonchev–Trinajstić information content (AvgIpc) is 3.25. The summed E-state index contributed by atoms with van der Waals surface area (Å²) in [6, 6.07) is 10.5. The van der Waals surface area contributed by atoms with Gasteiger partial charge in [0.2, 0.25) is 5.89 Å². The van der Waals surface area contributed by atoms with Crippen molar-refractivity contribution >= 4 is 51.8 Å². The van der Waals surface area contributed by atoms with Crippen molar-refractivity contribution in [2.75, 3.05) is 5.75 Å². The standard InChI is InChI=1S/C22H18Cl2N4O2S/c1-3-16-17(4-2)26-19-9-12(5-8-18(19)25-16)21-27-28-22(30-21)31-11-20(29)14-7-6-13(23)10-15(14)24/h5-10H,3-4,11H2,1-2H3. The van der Waals surface area contributed by atoms with Gasteiger partial charge in [-0.1, -0.05) is 48.8 Å². The van der Waals surface area contributed by atoms with Crippen molar-refractivity contribution in [2.45, 2.75) is 31.9 Å². The zero-order valence-electron chi connectivity index (χ0n) is 16.9. The highest BCUT2D eigenvalue weighted by Crippen LogP contribution is 2.28. The van der Waals surface area contributed by atoms with Gasteiger partial charge in [-0.3, -0.25) is 4.79 Å². The molecule has 0 N–H and O–H groups in total. The number of carbonyl (C=O) groups is 1. The molecule has 2 aromatic carbocycles. The van der Waals surface area contributed by atoms with E-state index in [9.17, 15) is 4.79 Å². The van der Waals surface area contributed by atoms with Crippen LogP contribution in [0.5, 0.6) is 0 Å². The molecule has 0 aliphatic heterocycles. The molecule has 2 aromatic heterocycles. The fourth-order valence-corrected chi connectivity index (χ4v) is 4.29. The molecule has 0 saturated carbocycles. The molecule has 0 aliphatic carbocycles. The highest BCUT2D eigenvalue weighted by molar-refractivity contribution is 7.99. The van der Waals surface area contributed by atoms with Crippen molar-refractivity contribution in [1.82, 2.24) is 20.2 Å². The van der Waals surface area contributed by atoms with Gasteiger partial charge in [0.05, 0.1) is 33.2 Å². The number of aryl methyl sites for hydroxylation is 2. The van der Waals surface area contributed by atoms with Crippen LogP contribution in [0.15, 0.2) is 46.0 Å². The smallest absolute Gasteiger partial charge is 0.277 e.